The molecular formula is C11H20BrN5. The molecule has 0 aromatic carbocycles. The van der Waals surface area contributed by atoms with Gasteiger partial charge in [0.1, 0.15) is 22.4 Å². The average Bonchev–Trinajstić information content (AvgIpc) is 2.28. The highest BCUT2D eigenvalue weighted by atomic mass is 79.9. The minimum absolute atomic E-state index is 0.487. The van der Waals surface area contributed by atoms with Gasteiger partial charge in [-0.1, -0.05) is 6.92 Å². The fourth-order valence-corrected chi connectivity index (χ4v) is 1.96. The molecule has 2 N–H and O–H groups in total. The second-order valence-electron chi connectivity index (χ2n) is 4.19. The van der Waals surface area contributed by atoms with Crippen molar-refractivity contribution in [1.29, 1.82) is 0 Å². The van der Waals surface area contributed by atoms with Crippen LogP contribution in [0.1, 0.15) is 13.3 Å². The number of rotatable bonds is 6. The largest absolute Gasteiger partial charge is 0.383 e. The van der Waals surface area contributed by atoms with Gasteiger partial charge < -0.3 is 15.5 Å². The van der Waals surface area contributed by atoms with Crippen LogP contribution in [0, 0.1) is 0 Å². The SMILES string of the molecule is CCCN(CCN(C)C)c1ncnc(N)c1Br. The molecule has 0 atom stereocenters. The first-order valence-electron chi connectivity index (χ1n) is 5.72. The molecule has 5 nitrogen and oxygen atoms in total. The predicted molar refractivity (Wildman–Crippen MR) is 75.2 cm³/mol. The molecule has 1 heterocycles. The van der Waals surface area contributed by atoms with Crippen molar-refractivity contribution in [2.75, 3.05) is 44.4 Å². The van der Waals surface area contributed by atoms with E-state index < -0.39 is 0 Å². The van der Waals surface area contributed by atoms with Crippen molar-refractivity contribution in [3.05, 3.63) is 10.8 Å². The predicted octanol–water partition coefficient (Wildman–Crippen LogP) is 1.60. The molecule has 0 aliphatic heterocycles. The molecule has 0 bridgehead atoms. The number of hydrogen-bond acceptors (Lipinski definition) is 5. The van der Waals surface area contributed by atoms with E-state index in [0.29, 0.717) is 5.82 Å². The number of aromatic nitrogens is 2. The molecule has 0 aliphatic carbocycles. The van der Waals surface area contributed by atoms with Crippen LogP contribution in [-0.2, 0) is 0 Å². The quantitative estimate of drug-likeness (QED) is 0.865. The average molecular weight is 302 g/mol. The third-order valence-electron chi connectivity index (χ3n) is 2.41. The summed E-state index contributed by atoms with van der Waals surface area (Å²) in [6, 6.07) is 0. The number of nitrogens with two attached hydrogens (primary N) is 1. The number of anilines is 2. The molecule has 0 saturated carbocycles. The third-order valence-corrected chi connectivity index (χ3v) is 3.17. The van der Waals surface area contributed by atoms with Crippen LogP contribution >= 0.6 is 15.9 Å². The fourth-order valence-electron chi connectivity index (χ4n) is 1.51. The highest BCUT2D eigenvalue weighted by Gasteiger charge is 2.13. The monoisotopic (exact) mass is 301 g/mol. The summed E-state index contributed by atoms with van der Waals surface area (Å²) in [5.41, 5.74) is 5.78. The van der Waals surface area contributed by atoms with Crippen molar-refractivity contribution in [1.82, 2.24) is 14.9 Å². The second kappa shape index (κ2) is 6.76. The minimum Gasteiger partial charge on any atom is -0.383 e. The normalized spacial score (nSPS) is 10.9. The van der Waals surface area contributed by atoms with Crippen LogP contribution in [0.4, 0.5) is 11.6 Å². The molecule has 0 fully saturated rings. The summed E-state index contributed by atoms with van der Waals surface area (Å²) in [5, 5.41) is 0. The standard InChI is InChI=1S/C11H20BrN5/c1-4-5-17(7-6-16(2)3)11-9(12)10(13)14-8-15-11/h8H,4-7H2,1-3H3,(H2,13,14,15). The molecule has 6 heteroatoms. The molecule has 96 valence electrons. The van der Waals surface area contributed by atoms with E-state index in [-0.39, 0.29) is 0 Å². The molecule has 0 aliphatic rings. The number of halogens is 1. The van der Waals surface area contributed by atoms with E-state index in [2.05, 4.69) is 56.7 Å². The Bertz CT molecular complexity index is 356. The fraction of sp³-hybridized carbons (Fsp3) is 0.636. The van der Waals surface area contributed by atoms with Crippen molar-refractivity contribution in [3.63, 3.8) is 0 Å². The van der Waals surface area contributed by atoms with Crippen molar-refractivity contribution >= 4 is 27.6 Å². The highest BCUT2D eigenvalue weighted by Crippen LogP contribution is 2.27. The molecule has 0 radical (unpaired) electrons. The van der Waals surface area contributed by atoms with E-state index in [1.165, 1.54) is 6.33 Å². The lowest BCUT2D eigenvalue weighted by Gasteiger charge is -2.25. The zero-order valence-electron chi connectivity index (χ0n) is 10.6. The van der Waals surface area contributed by atoms with Crippen LogP contribution in [0.3, 0.4) is 0 Å². The van der Waals surface area contributed by atoms with Gasteiger partial charge in [0, 0.05) is 19.6 Å². The van der Waals surface area contributed by atoms with Crippen molar-refractivity contribution in [3.8, 4) is 0 Å². The lowest BCUT2D eigenvalue weighted by atomic mass is 10.3. The van der Waals surface area contributed by atoms with Gasteiger partial charge >= 0.3 is 0 Å². The van der Waals surface area contributed by atoms with Gasteiger partial charge in [-0.3, -0.25) is 0 Å². The Morgan fingerprint density at radius 2 is 1.94 bits per heavy atom. The summed E-state index contributed by atoms with van der Waals surface area (Å²) in [5.74, 6) is 1.36. The maximum absolute atomic E-state index is 5.78. The van der Waals surface area contributed by atoms with E-state index >= 15 is 0 Å². The minimum atomic E-state index is 0.487. The first kappa shape index (κ1) is 14.2. The molecule has 0 amide bonds. The Hall–Kier alpha value is -0.880. The first-order chi connectivity index (χ1) is 8.06. The van der Waals surface area contributed by atoms with Gasteiger partial charge in [-0.2, -0.15) is 0 Å². The van der Waals surface area contributed by atoms with Gasteiger partial charge in [0.2, 0.25) is 0 Å². The summed E-state index contributed by atoms with van der Waals surface area (Å²) in [4.78, 5) is 12.6. The lowest BCUT2D eigenvalue weighted by molar-refractivity contribution is 0.412. The van der Waals surface area contributed by atoms with Gasteiger partial charge in [0.05, 0.1) is 0 Å². The van der Waals surface area contributed by atoms with Gasteiger partial charge in [-0.25, -0.2) is 9.97 Å². The van der Waals surface area contributed by atoms with Crippen LogP contribution in [0.5, 0.6) is 0 Å². The molecule has 1 rings (SSSR count). The van der Waals surface area contributed by atoms with Gasteiger partial charge in [-0.15, -0.1) is 0 Å². The van der Waals surface area contributed by atoms with E-state index in [1.807, 2.05) is 0 Å². The van der Waals surface area contributed by atoms with Crippen LogP contribution < -0.4 is 10.6 Å². The first-order valence-corrected chi connectivity index (χ1v) is 6.51. The summed E-state index contributed by atoms with van der Waals surface area (Å²) in [6.07, 6.45) is 2.58. The number of nitrogen functional groups attached to an aromatic ring is 1. The zero-order chi connectivity index (χ0) is 12.8. The number of hydrogen-bond donors (Lipinski definition) is 1. The molecule has 17 heavy (non-hydrogen) atoms. The summed E-state index contributed by atoms with van der Waals surface area (Å²) < 4.78 is 0.784. The van der Waals surface area contributed by atoms with Crippen LogP contribution in [-0.4, -0.2) is 48.6 Å². The van der Waals surface area contributed by atoms with Gasteiger partial charge in [-0.05, 0) is 36.4 Å². The Kier molecular flexibility index (Phi) is 5.64. The van der Waals surface area contributed by atoms with E-state index in [1.54, 1.807) is 0 Å². The van der Waals surface area contributed by atoms with Gasteiger partial charge in [0.25, 0.3) is 0 Å². The number of nitrogens with zero attached hydrogens (tertiary/aromatic N) is 4. The van der Waals surface area contributed by atoms with E-state index in [9.17, 15) is 0 Å². The van der Waals surface area contributed by atoms with Crippen LogP contribution in [0.25, 0.3) is 0 Å². The second-order valence-corrected chi connectivity index (χ2v) is 4.98. The molecule has 0 unspecified atom stereocenters. The zero-order valence-corrected chi connectivity index (χ0v) is 12.2. The Balaban J connectivity index is 2.85. The maximum Gasteiger partial charge on any atom is 0.148 e. The smallest absolute Gasteiger partial charge is 0.148 e. The topological polar surface area (TPSA) is 58.3 Å². The highest BCUT2D eigenvalue weighted by molar-refractivity contribution is 9.10. The third kappa shape index (κ3) is 4.12. The van der Waals surface area contributed by atoms with Crippen molar-refractivity contribution < 1.29 is 0 Å². The summed E-state index contributed by atoms with van der Waals surface area (Å²) in [6.45, 7) is 5.02. The molecule has 0 spiro atoms. The maximum atomic E-state index is 5.78. The van der Waals surface area contributed by atoms with Crippen molar-refractivity contribution in [2.45, 2.75) is 13.3 Å². The summed E-state index contributed by atoms with van der Waals surface area (Å²) >= 11 is 3.45. The Morgan fingerprint density at radius 1 is 1.24 bits per heavy atom. The van der Waals surface area contributed by atoms with Crippen LogP contribution in [0.2, 0.25) is 0 Å². The van der Waals surface area contributed by atoms with Crippen LogP contribution in [0.15, 0.2) is 10.8 Å². The Morgan fingerprint density at radius 3 is 2.53 bits per heavy atom. The molecule has 1 aromatic heterocycles. The van der Waals surface area contributed by atoms with E-state index in [0.717, 1.165) is 36.3 Å². The molecular weight excluding hydrogens is 282 g/mol. The van der Waals surface area contributed by atoms with Gasteiger partial charge in [0.15, 0.2) is 0 Å². The molecule has 0 saturated heterocycles. The van der Waals surface area contributed by atoms with Crippen molar-refractivity contribution in [2.24, 2.45) is 0 Å². The molecule has 1 aromatic rings. The lowest BCUT2D eigenvalue weighted by Crippen LogP contribution is -2.33. The summed E-state index contributed by atoms with van der Waals surface area (Å²) in [7, 11) is 4.13. The Labute approximate surface area is 111 Å². The van der Waals surface area contributed by atoms with E-state index in [4.69, 9.17) is 5.73 Å². The number of likely N-dealkylation sites (N-methyl/N-ethyl adjacent to an activating group) is 1.